The first-order valence-corrected chi connectivity index (χ1v) is 7.99. The van der Waals surface area contributed by atoms with Gasteiger partial charge in [-0.15, -0.1) is 0 Å². The zero-order valence-electron chi connectivity index (χ0n) is 14.1. The number of benzene rings is 1. The zero-order valence-corrected chi connectivity index (χ0v) is 14.9. The van der Waals surface area contributed by atoms with Crippen molar-refractivity contribution in [2.45, 2.75) is 19.3 Å². The van der Waals surface area contributed by atoms with E-state index in [-0.39, 0.29) is 5.41 Å². The fourth-order valence-corrected chi connectivity index (χ4v) is 2.97. The largest absolute Gasteiger partial charge is 0.383 e. The third kappa shape index (κ3) is 3.89. The van der Waals surface area contributed by atoms with Crippen molar-refractivity contribution in [1.29, 1.82) is 0 Å². The Kier molecular flexibility index (Phi) is 5.74. The van der Waals surface area contributed by atoms with Crippen molar-refractivity contribution in [3.05, 3.63) is 41.6 Å². The van der Waals surface area contributed by atoms with Crippen LogP contribution in [-0.2, 0) is 10.2 Å². The van der Waals surface area contributed by atoms with E-state index in [0.717, 1.165) is 0 Å². The van der Waals surface area contributed by atoms with Crippen molar-refractivity contribution >= 4 is 29.2 Å². The Labute approximate surface area is 143 Å². The maximum absolute atomic E-state index is 5.12. The van der Waals surface area contributed by atoms with Gasteiger partial charge in [-0.3, -0.25) is 5.43 Å². The quantitative estimate of drug-likeness (QED) is 0.375. The van der Waals surface area contributed by atoms with Crippen LogP contribution in [0.2, 0.25) is 0 Å². The summed E-state index contributed by atoms with van der Waals surface area (Å²) >= 11 is 5.12. The summed E-state index contributed by atoms with van der Waals surface area (Å²) in [6.45, 7) is 5.70. The average molecular weight is 332 g/mol. The summed E-state index contributed by atoms with van der Waals surface area (Å²) in [5.41, 5.74) is 6.51. The molecular formula is C17H24N4OS. The van der Waals surface area contributed by atoms with Crippen molar-refractivity contribution < 1.29 is 4.74 Å². The van der Waals surface area contributed by atoms with Crippen LogP contribution in [0.4, 0.5) is 5.69 Å². The van der Waals surface area contributed by atoms with E-state index in [2.05, 4.69) is 65.9 Å². The molecule has 0 saturated heterocycles. The van der Waals surface area contributed by atoms with Crippen molar-refractivity contribution in [2.24, 2.45) is 5.10 Å². The van der Waals surface area contributed by atoms with Gasteiger partial charge in [-0.1, -0.05) is 32.0 Å². The molecule has 6 heteroatoms. The summed E-state index contributed by atoms with van der Waals surface area (Å²) < 4.78 is 4.95. The molecule has 2 N–H and O–H groups in total. The second-order valence-electron chi connectivity index (χ2n) is 5.89. The Morgan fingerprint density at radius 3 is 2.83 bits per heavy atom. The molecule has 0 amide bonds. The monoisotopic (exact) mass is 332 g/mol. The normalized spacial score (nSPS) is 17.6. The second-order valence-corrected chi connectivity index (χ2v) is 6.30. The molecule has 0 bridgehead atoms. The maximum atomic E-state index is 5.12. The van der Waals surface area contributed by atoms with Gasteiger partial charge in [-0.05, 0) is 29.9 Å². The van der Waals surface area contributed by atoms with Crippen molar-refractivity contribution in [3.63, 3.8) is 0 Å². The number of likely N-dealkylation sites (N-methyl/N-ethyl adjacent to an activating group) is 1. The molecule has 124 valence electrons. The SMILES string of the molecule is COCCNC(=S)N/N=C\C=C1\N(C)c2ccccc2C1(C)C. The minimum Gasteiger partial charge on any atom is -0.383 e. The molecule has 0 aliphatic carbocycles. The molecule has 0 fully saturated rings. The number of rotatable bonds is 5. The van der Waals surface area contributed by atoms with Crippen LogP contribution in [0, 0.1) is 0 Å². The zero-order chi connectivity index (χ0) is 16.9. The minimum absolute atomic E-state index is 0.0470. The standard InChI is InChI=1S/C17H24N4OS/c1-17(2)13-7-5-6-8-14(13)21(3)15(17)9-10-19-20-16(23)18-11-12-22-4/h5-10H,11-12H2,1-4H3,(H2,18,20,23)/b15-9+,19-10-. The second kappa shape index (κ2) is 7.57. The van der Waals surface area contributed by atoms with Gasteiger partial charge < -0.3 is 15.0 Å². The minimum atomic E-state index is -0.0470. The molecular weight excluding hydrogens is 308 g/mol. The van der Waals surface area contributed by atoms with E-state index in [1.54, 1.807) is 13.3 Å². The first kappa shape index (κ1) is 17.4. The van der Waals surface area contributed by atoms with E-state index < -0.39 is 0 Å². The summed E-state index contributed by atoms with van der Waals surface area (Å²) in [5.74, 6) is 0. The number of hydrazone groups is 1. The van der Waals surface area contributed by atoms with Gasteiger partial charge in [0, 0.05) is 43.7 Å². The van der Waals surface area contributed by atoms with Crippen LogP contribution >= 0.6 is 12.2 Å². The third-order valence-electron chi connectivity index (χ3n) is 4.01. The predicted octanol–water partition coefficient (Wildman–Crippen LogP) is 2.39. The van der Waals surface area contributed by atoms with Crippen LogP contribution in [0.5, 0.6) is 0 Å². The molecule has 0 aromatic heterocycles. The number of para-hydroxylation sites is 1. The number of nitrogens with one attached hydrogen (secondary N) is 2. The van der Waals surface area contributed by atoms with Gasteiger partial charge >= 0.3 is 0 Å². The number of hydrogen-bond acceptors (Lipinski definition) is 4. The molecule has 1 aromatic rings. The summed E-state index contributed by atoms with van der Waals surface area (Å²) in [6, 6.07) is 8.46. The third-order valence-corrected chi connectivity index (χ3v) is 4.24. The fraction of sp³-hybridized carbons (Fsp3) is 0.412. The summed E-state index contributed by atoms with van der Waals surface area (Å²) in [7, 11) is 3.73. The fourth-order valence-electron chi connectivity index (χ4n) is 2.81. The molecule has 23 heavy (non-hydrogen) atoms. The van der Waals surface area contributed by atoms with E-state index >= 15 is 0 Å². The van der Waals surface area contributed by atoms with Crippen molar-refractivity contribution in [3.8, 4) is 0 Å². The molecule has 0 unspecified atom stereocenters. The van der Waals surface area contributed by atoms with Gasteiger partial charge in [-0.25, -0.2) is 0 Å². The van der Waals surface area contributed by atoms with Crippen molar-refractivity contribution in [2.75, 3.05) is 32.2 Å². The van der Waals surface area contributed by atoms with Gasteiger partial charge in [0.1, 0.15) is 0 Å². The highest BCUT2D eigenvalue weighted by Gasteiger charge is 2.37. The molecule has 0 atom stereocenters. The molecule has 1 aromatic carbocycles. The highest BCUT2D eigenvalue weighted by atomic mass is 32.1. The smallest absolute Gasteiger partial charge is 0.187 e. The lowest BCUT2D eigenvalue weighted by atomic mass is 9.84. The molecule has 0 saturated carbocycles. The van der Waals surface area contributed by atoms with Crippen LogP contribution in [0.1, 0.15) is 19.4 Å². The van der Waals surface area contributed by atoms with Crippen molar-refractivity contribution in [1.82, 2.24) is 10.7 Å². The topological polar surface area (TPSA) is 48.9 Å². The Balaban J connectivity index is 2.01. The lowest BCUT2D eigenvalue weighted by molar-refractivity contribution is 0.204. The number of thiocarbonyl (C=S) groups is 1. The molecule has 0 radical (unpaired) electrons. The molecule has 0 spiro atoms. The van der Waals surface area contributed by atoms with E-state index in [9.17, 15) is 0 Å². The van der Waals surface area contributed by atoms with Gasteiger partial charge in [0.25, 0.3) is 0 Å². The molecule has 2 rings (SSSR count). The van der Waals surface area contributed by atoms with E-state index in [1.807, 2.05) is 6.08 Å². The Hall–Kier alpha value is -1.92. The maximum Gasteiger partial charge on any atom is 0.187 e. The van der Waals surface area contributed by atoms with E-state index in [1.165, 1.54) is 16.9 Å². The average Bonchev–Trinajstić information content (AvgIpc) is 2.72. The number of nitrogens with zero attached hydrogens (tertiary/aromatic N) is 2. The first-order chi connectivity index (χ1) is 11.0. The van der Waals surface area contributed by atoms with Crippen LogP contribution in [-0.4, -0.2) is 38.6 Å². The molecule has 1 heterocycles. The predicted molar refractivity (Wildman–Crippen MR) is 100 cm³/mol. The van der Waals surface area contributed by atoms with Crippen LogP contribution in [0.3, 0.4) is 0 Å². The lowest BCUT2D eigenvalue weighted by Gasteiger charge is -2.23. The number of hydrogen-bond donors (Lipinski definition) is 2. The number of anilines is 1. The number of ether oxygens (including phenoxy) is 1. The molecule has 5 nitrogen and oxygen atoms in total. The highest BCUT2D eigenvalue weighted by molar-refractivity contribution is 7.80. The van der Waals surface area contributed by atoms with Gasteiger partial charge in [0.05, 0.1) is 6.61 Å². The van der Waals surface area contributed by atoms with Crippen LogP contribution in [0.25, 0.3) is 0 Å². The number of allylic oxidation sites excluding steroid dienone is 2. The highest BCUT2D eigenvalue weighted by Crippen LogP contribution is 2.46. The first-order valence-electron chi connectivity index (χ1n) is 7.58. The number of fused-ring (bicyclic) bond motifs is 1. The molecule has 1 aliphatic rings. The summed E-state index contributed by atoms with van der Waals surface area (Å²) in [5, 5.41) is 7.64. The number of methoxy groups -OCH3 is 1. The van der Waals surface area contributed by atoms with Gasteiger partial charge in [0.2, 0.25) is 0 Å². The summed E-state index contributed by atoms with van der Waals surface area (Å²) in [4.78, 5) is 2.20. The van der Waals surface area contributed by atoms with E-state index in [0.29, 0.717) is 18.3 Å². The van der Waals surface area contributed by atoms with Crippen LogP contribution < -0.4 is 15.6 Å². The van der Waals surface area contributed by atoms with Gasteiger partial charge in [0.15, 0.2) is 5.11 Å². The van der Waals surface area contributed by atoms with E-state index in [4.69, 9.17) is 17.0 Å². The molecule has 1 aliphatic heterocycles. The van der Waals surface area contributed by atoms with Gasteiger partial charge in [-0.2, -0.15) is 5.10 Å². The Bertz CT molecular complexity index is 625. The lowest BCUT2D eigenvalue weighted by Crippen LogP contribution is -2.34. The Morgan fingerprint density at radius 2 is 2.13 bits per heavy atom. The summed E-state index contributed by atoms with van der Waals surface area (Å²) in [6.07, 6.45) is 3.76. The van der Waals surface area contributed by atoms with Crippen LogP contribution in [0.15, 0.2) is 41.1 Å². The Morgan fingerprint density at radius 1 is 1.39 bits per heavy atom.